The Kier molecular flexibility index (Phi) is 2.55. The molecule has 0 amide bonds. The van der Waals surface area contributed by atoms with Crippen molar-refractivity contribution in [3.05, 3.63) is 36.5 Å². The Bertz CT molecular complexity index is 397. The molecule has 0 radical (unpaired) electrons. The molecule has 0 aliphatic rings. The van der Waals surface area contributed by atoms with Crippen LogP contribution in [0.2, 0.25) is 0 Å². The molecule has 0 unspecified atom stereocenters. The summed E-state index contributed by atoms with van der Waals surface area (Å²) in [6.45, 7) is 0.571. The molecule has 2 aromatic rings. The topological polar surface area (TPSA) is 64.9 Å². The molecule has 0 saturated heterocycles. The molecule has 0 aliphatic heterocycles. The summed E-state index contributed by atoms with van der Waals surface area (Å²) >= 11 is 0. The molecular formula is C10H11N3O. The lowest BCUT2D eigenvalue weighted by molar-refractivity contribution is 0.519. The van der Waals surface area contributed by atoms with Crippen molar-refractivity contribution in [1.82, 2.24) is 9.97 Å². The zero-order chi connectivity index (χ0) is 9.80. The zero-order valence-electron chi connectivity index (χ0n) is 7.68. The highest BCUT2D eigenvalue weighted by Crippen LogP contribution is 2.17. The molecule has 0 aromatic carbocycles. The van der Waals surface area contributed by atoms with Gasteiger partial charge in [0.25, 0.3) is 0 Å². The van der Waals surface area contributed by atoms with Crippen molar-refractivity contribution in [2.24, 2.45) is 5.73 Å². The third-order valence-corrected chi connectivity index (χ3v) is 1.85. The summed E-state index contributed by atoms with van der Waals surface area (Å²) in [4.78, 5) is 8.13. The van der Waals surface area contributed by atoms with Crippen molar-refractivity contribution in [1.29, 1.82) is 0 Å². The number of oxazole rings is 1. The molecule has 14 heavy (non-hydrogen) atoms. The molecule has 0 saturated carbocycles. The molecule has 72 valence electrons. The largest absolute Gasteiger partial charge is 0.441 e. The minimum Gasteiger partial charge on any atom is -0.441 e. The van der Waals surface area contributed by atoms with Crippen LogP contribution in [0.15, 0.2) is 35.1 Å². The van der Waals surface area contributed by atoms with Gasteiger partial charge in [-0.2, -0.15) is 0 Å². The summed E-state index contributed by atoms with van der Waals surface area (Å²) in [5.41, 5.74) is 6.29. The standard InChI is InChI=1S/C10H11N3O/c11-4-3-9-7-13-10(14-9)8-2-1-5-12-6-8/h1-2,5-7H,3-4,11H2. The molecule has 4 heteroatoms. The fourth-order valence-electron chi connectivity index (χ4n) is 1.19. The Hall–Kier alpha value is -1.68. The van der Waals surface area contributed by atoms with E-state index in [2.05, 4.69) is 9.97 Å². The number of hydrogen-bond donors (Lipinski definition) is 1. The molecule has 2 rings (SSSR count). The number of nitrogens with zero attached hydrogens (tertiary/aromatic N) is 2. The van der Waals surface area contributed by atoms with Crippen LogP contribution in [-0.2, 0) is 6.42 Å². The highest BCUT2D eigenvalue weighted by atomic mass is 16.4. The van der Waals surface area contributed by atoms with Crippen LogP contribution in [0, 0.1) is 0 Å². The van der Waals surface area contributed by atoms with Gasteiger partial charge in [0.05, 0.1) is 11.8 Å². The molecule has 2 aromatic heterocycles. The van der Waals surface area contributed by atoms with E-state index >= 15 is 0 Å². The Morgan fingerprint density at radius 2 is 2.29 bits per heavy atom. The lowest BCUT2D eigenvalue weighted by Crippen LogP contribution is -2.01. The second kappa shape index (κ2) is 4.02. The van der Waals surface area contributed by atoms with E-state index in [0.717, 1.165) is 11.3 Å². The third-order valence-electron chi connectivity index (χ3n) is 1.85. The quantitative estimate of drug-likeness (QED) is 0.788. The van der Waals surface area contributed by atoms with E-state index in [1.807, 2.05) is 12.1 Å². The van der Waals surface area contributed by atoms with Crippen LogP contribution in [0.1, 0.15) is 5.76 Å². The Morgan fingerprint density at radius 3 is 3.00 bits per heavy atom. The minimum absolute atomic E-state index is 0.571. The highest BCUT2D eigenvalue weighted by molar-refractivity contribution is 5.50. The summed E-state index contributed by atoms with van der Waals surface area (Å²) in [5.74, 6) is 1.41. The van der Waals surface area contributed by atoms with Crippen molar-refractivity contribution in [3.8, 4) is 11.5 Å². The Morgan fingerprint density at radius 1 is 1.36 bits per heavy atom. The smallest absolute Gasteiger partial charge is 0.227 e. The van der Waals surface area contributed by atoms with Crippen molar-refractivity contribution < 1.29 is 4.42 Å². The molecule has 2 N–H and O–H groups in total. The van der Waals surface area contributed by atoms with Crippen LogP contribution in [0.3, 0.4) is 0 Å². The van der Waals surface area contributed by atoms with Gasteiger partial charge in [-0.3, -0.25) is 4.98 Å². The molecule has 0 aliphatic carbocycles. The molecule has 4 nitrogen and oxygen atoms in total. The SMILES string of the molecule is NCCc1cnc(-c2cccnc2)o1. The van der Waals surface area contributed by atoms with Gasteiger partial charge >= 0.3 is 0 Å². The average Bonchev–Trinajstić information content (AvgIpc) is 2.68. The molecule has 0 spiro atoms. The van der Waals surface area contributed by atoms with Crippen molar-refractivity contribution in [2.45, 2.75) is 6.42 Å². The first kappa shape index (κ1) is 8.90. The third kappa shape index (κ3) is 1.80. The van der Waals surface area contributed by atoms with Gasteiger partial charge in [-0.05, 0) is 18.7 Å². The summed E-state index contributed by atoms with van der Waals surface area (Å²) < 4.78 is 5.48. The van der Waals surface area contributed by atoms with E-state index in [9.17, 15) is 0 Å². The molecule has 0 bridgehead atoms. The number of rotatable bonds is 3. The van der Waals surface area contributed by atoms with E-state index in [-0.39, 0.29) is 0 Å². The predicted molar refractivity (Wildman–Crippen MR) is 52.5 cm³/mol. The maximum Gasteiger partial charge on any atom is 0.227 e. The van der Waals surface area contributed by atoms with Crippen LogP contribution >= 0.6 is 0 Å². The molecule has 2 heterocycles. The van der Waals surface area contributed by atoms with Crippen LogP contribution < -0.4 is 5.73 Å². The summed E-state index contributed by atoms with van der Waals surface area (Å²) in [6, 6.07) is 3.76. The first-order valence-electron chi connectivity index (χ1n) is 4.45. The van der Waals surface area contributed by atoms with Gasteiger partial charge < -0.3 is 10.2 Å². The second-order valence-corrected chi connectivity index (χ2v) is 2.91. The van der Waals surface area contributed by atoms with Crippen LogP contribution in [0.25, 0.3) is 11.5 Å². The van der Waals surface area contributed by atoms with Gasteiger partial charge in [-0.15, -0.1) is 0 Å². The summed E-state index contributed by atoms with van der Waals surface area (Å²) in [6.07, 6.45) is 5.85. The van der Waals surface area contributed by atoms with Gasteiger partial charge in [0.1, 0.15) is 5.76 Å². The highest BCUT2D eigenvalue weighted by Gasteiger charge is 2.05. The summed E-state index contributed by atoms with van der Waals surface area (Å²) in [5, 5.41) is 0. The number of aromatic nitrogens is 2. The fraction of sp³-hybridized carbons (Fsp3) is 0.200. The normalized spacial score (nSPS) is 10.4. The van der Waals surface area contributed by atoms with E-state index in [0.29, 0.717) is 18.9 Å². The maximum atomic E-state index is 5.48. The van der Waals surface area contributed by atoms with Gasteiger partial charge in [-0.25, -0.2) is 4.98 Å². The van der Waals surface area contributed by atoms with E-state index in [4.69, 9.17) is 10.2 Å². The van der Waals surface area contributed by atoms with Gasteiger partial charge in [0.2, 0.25) is 5.89 Å². The Labute approximate surface area is 81.8 Å². The van der Waals surface area contributed by atoms with Crippen molar-refractivity contribution >= 4 is 0 Å². The lowest BCUT2D eigenvalue weighted by atomic mass is 10.3. The van der Waals surface area contributed by atoms with Gasteiger partial charge in [-0.1, -0.05) is 0 Å². The van der Waals surface area contributed by atoms with Gasteiger partial charge in [0, 0.05) is 18.8 Å². The zero-order valence-corrected chi connectivity index (χ0v) is 7.68. The lowest BCUT2D eigenvalue weighted by Gasteiger charge is -1.93. The second-order valence-electron chi connectivity index (χ2n) is 2.91. The number of nitrogens with two attached hydrogens (primary N) is 1. The maximum absolute atomic E-state index is 5.48. The van der Waals surface area contributed by atoms with E-state index in [1.165, 1.54) is 0 Å². The molecule has 0 atom stereocenters. The van der Waals surface area contributed by atoms with E-state index < -0.39 is 0 Å². The number of hydrogen-bond acceptors (Lipinski definition) is 4. The van der Waals surface area contributed by atoms with Crippen LogP contribution in [-0.4, -0.2) is 16.5 Å². The first-order chi connectivity index (χ1) is 6.90. The first-order valence-corrected chi connectivity index (χ1v) is 4.45. The monoisotopic (exact) mass is 189 g/mol. The Balaban J connectivity index is 2.25. The molecule has 0 fully saturated rings. The fourth-order valence-corrected chi connectivity index (χ4v) is 1.19. The summed E-state index contributed by atoms with van der Waals surface area (Å²) in [7, 11) is 0. The number of pyridine rings is 1. The van der Waals surface area contributed by atoms with Crippen molar-refractivity contribution in [2.75, 3.05) is 6.54 Å². The minimum atomic E-state index is 0.571. The molecular weight excluding hydrogens is 178 g/mol. The van der Waals surface area contributed by atoms with Crippen LogP contribution in [0.4, 0.5) is 0 Å². The average molecular weight is 189 g/mol. The van der Waals surface area contributed by atoms with E-state index in [1.54, 1.807) is 18.6 Å². The van der Waals surface area contributed by atoms with Gasteiger partial charge in [0.15, 0.2) is 0 Å². The predicted octanol–water partition coefficient (Wildman–Crippen LogP) is 1.24. The van der Waals surface area contributed by atoms with Crippen molar-refractivity contribution in [3.63, 3.8) is 0 Å². The van der Waals surface area contributed by atoms with Crippen LogP contribution in [0.5, 0.6) is 0 Å².